The quantitative estimate of drug-likeness (QED) is 0.352. The second-order valence-electron chi connectivity index (χ2n) is 7.33. The van der Waals surface area contributed by atoms with Gasteiger partial charge in [0.2, 0.25) is 11.9 Å². The number of halogens is 2. The Hall–Kier alpha value is -2.88. The van der Waals surface area contributed by atoms with Gasteiger partial charge < -0.3 is 16.0 Å². The molecule has 3 N–H and O–H groups in total. The monoisotopic (exact) mass is 507 g/mol. The Bertz CT molecular complexity index is 1280. The second kappa shape index (κ2) is 10.4. The van der Waals surface area contributed by atoms with Crippen LogP contribution >= 0.6 is 23.2 Å². The zero-order valence-corrected chi connectivity index (χ0v) is 20.5. The molecule has 174 valence electrons. The Morgan fingerprint density at radius 1 is 1.03 bits per heavy atom. The number of para-hydroxylation sites is 1. The van der Waals surface area contributed by atoms with E-state index >= 15 is 0 Å². The van der Waals surface area contributed by atoms with E-state index in [1.807, 2.05) is 0 Å². The fourth-order valence-electron chi connectivity index (χ4n) is 2.78. The topological polar surface area (TPSA) is 113 Å². The van der Waals surface area contributed by atoms with Gasteiger partial charge in [-0.1, -0.05) is 42.3 Å². The van der Waals surface area contributed by atoms with Gasteiger partial charge in [-0.05, 0) is 44.2 Å². The Labute approximate surface area is 202 Å². The molecular formula is C22H23Cl2N5O3S. The molecule has 11 heteroatoms. The first-order valence-electron chi connectivity index (χ1n) is 10.1. The number of sulfone groups is 1. The van der Waals surface area contributed by atoms with Crippen LogP contribution < -0.4 is 16.0 Å². The lowest BCUT2D eigenvalue weighted by Crippen LogP contribution is -2.15. The highest BCUT2D eigenvalue weighted by Gasteiger charge is 2.23. The van der Waals surface area contributed by atoms with Gasteiger partial charge in [-0.2, -0.15) is 4.98 Å². The van der Waals surface area contributed by atoms with Gasteiger partial charge in [0, 0.05) is 12.1 Å². The van der Waals surface area contributed by atoms with Crippen molar-refractivity contribution in [1.82, 2.24) is 9.97 Å². The molecule has 1 aromatic heterocycles. The van der Waals surface area contributed by atoms with Gasteiger partial charge in [0.05, 0.1) is 32.7 Å². The highest BCUT2D eigenvalue weighted by molar-refractivity contribution is 7.92. The third-order valence-electron chi connectivity index (χ3n) is 4.63. The molecule has 33 heavy (non-hydrogen) atoms. The van der Waals surface area contributed by atoms with Crippen molar-refractivity contribution in [3.8, 4) is 0 Å². The van der Waals surface area contributed by atoms with Crippen LogP contribution in [0.25, 0.3) is 0 Å². The number of benzene rings is 2. The molecule has 0 aliphatic rings. The third kappa shape index (κ3) is 5.93. The number of rotatable bonds is 8. The van der Waals surface area contributed by atoms with E-state index in [2.05, 4.69) is 25.9 Å². The molecule has 3 aromatic rings. The Morgan fingerprint density at radius 3 is 2.42 bits per heavy atom. The van der Waals surface area contributed by atoms with Crippen LogP contribution in [0, 0.1) is 0 Å². The number of nitrogens with zero attached hydrogens (tertiary/aromatic N) is 2. The van der Waals surface area contributed by atoms with E-state index in [9.17, 15) is 13.2 Å². The van der Waals surface area contributed by atoms with E-state index in [1.54, 1.807) is 57.2 Å². The summed E-state index contributed by atoms with van der Waals surface area (Å²) in [4.78, 5) is 20.2. The van der Waals surface area contributed by atoms with Crippen LogP contribution in [0.2, 0.25) is 10.0 Å². The number of anilines is 5. The fourth-order valence-corrected chi connectivity index (χ4v) is 4.35. The van der Waals surface area contributed by atoms with Crippen LogP contribution in [-0.2, 0) is 14.6 Å². The van der Waals surface area contributed by atoms with Gasteiger partial charge in [-0.15, -0.1) is 0 Å². The molecule has 1 heterocycles. The predicted molar refractivity (Wildman–Crippen MR) is 133 cm³/mol. The van der Waals surface area contributed by atoms with E-state index in [0.717, 1.165) is 0 Å². The number of nitrogens with one attached hydrogen (secondary N) is 3. The summed E-state index contributed by atoms with van der Waals surface area (Å²) in [7, 11) is -3.53. The van der Waals surface area contributed by atoms with Gasteiger partial charge in [0.1, 0.15) is 5.02 Å². The van der Waals surface area contributed by atoms with Gasteiger partial charge in [0.25, 0.3) is 0 Å². The van der Waals surface area contributed by atoms with Crippen molar-refractivity contribution in [3.63, 3.8) is 0 Å². The number of carbonyl (C=O) groups is 1. The number of hydrogen-bond acceptors (Lipinski definition) is 7. The van der Waals surface area contributed by atoms with Crippen molar-refractivity contribution >= 4 is 67.8 Å². The first-order valence-corrected chi connectivity index (χ1v) is 12.4. The molecule has 2 aromatic carbocycles. The molecular weight excluding hydrogens is 485 g/mol. The smallest absolute Gasteiger partial charge is 0.229 e. The molecule has 0 saturated carbocycles. The lowest BCUT2D eigenvalue weighted by molar-refractivity contribution is -0.115. The van der Waals surface area contributed by atoms with E-state index in [-0.39, 0.29) is 27.6 Å². The molecule has 3 rings (SSSR count). The summed E-state index contributed by atoms with van der Waals surface area (Å²) in [5.41, 5.74) is 1.44. The standard InChI is InChI=1S/C22H23Cl2N5O3S/c1-4-20(30)26-14-9-10-17(15(23)11-14)28-22-25-12-16(24)21(29-22)27-18-7-5-6-8-19(18)33(31,32)13(2)3/h5-13H,4H2,1-3H3,(H,26,30)(H2,25,27,28,29). The summed E-state index contributed by atoms with van der Waals surface area (Å²) in [6, 6.07) is 11.5. The van der Waals surface area contributed by atoms with Crippen molar-refractivity contribution < 1.29 is 13.2 Å². The maximum absolute atomic E-state index is 12.7. The first-order chi connectivity index (χ1) is 15.6. The highest BCUT2D eigenvalue weighted by Crippen LogP contribution is 2.32. The van der Waals surface area contributed by atoms with Gasteiger partial charge >= 0.3 is 0 Å². The van der Waals surface area contributed by atoms with Crippen LogP contribution in [-0.4, -0.2) is 29.5 Å². The van der Waals surface area contributed by atoms with Crippen LogP contribution in [0.15, 0.2) is 53.6 Å². The third-order valence-corrected chi connectivity index (χ3v) is 7.43. The number of amides is 1. The molecule has 0 atom stereocenters. The lowest BCUT2D eigenvalue weighted by atomic mass is 10.2. The lowest BCUT2D eigenvalue weighted by Gasteiger charge is -2.15. The minimum absolute atomic E-state index is 0.122. The van der Waals surface area contributed by atoms with Crippen LogP contribution in [0.1, 0.15) is 27.2 Å². The van der Waals surface area contributed by atoms with Crippen LogP contribution in [0.3, 0.4) is 0 Å². The predicted octanol–water partition coefficient (Wildman–Crippen LogP) is 5.80. The summed E-state index contributed by atoms with van der Waals surface area (Å²) in [6.45, 7) is 5.00. The van der Waals surface area contributed by atoms with Crippen molar-refractivity contribution in [2.24, 2.45) is 0 Å². The molecule has 0 radical (unpaired) electrons. The zero-order chi connectivity index (χ0) is 24.2. The maximum atomic E-state index is 12.7. The van der Waals surface area contributed by atoms with E-state index in [1.165, 1.54) is 12.3 Å². The Balaban J connectivity index is 1.87. The fraction of sp³-hybridized carbons (Fsp3) is 0.227. The van der Waals surface area contributed by atoms with Crippen molar-refractivity contribution in [2.75, 3.05) is 16.0 Å². The molecule has 0 fully saturated rings. The zero-order valence-electron chi connectivity index (χ0n) is 18.2. The van der Waals surface area contributed by atoms with Crippen LogP contribution in [0.5, 0.6) is 0 Å². The summed E-state index contributed by atoms with van der Waals surface area (Å²) >= 11 is 12.6. The SMILES string of the molecule is CCC(=O)Nc1ccc(Nc2ncc(Cl)c(Nc3ccccc3S(=O)(=O)C(C)C)n2)c(Cl)c1. The Kier molecular flexibility index (Phi) is 7.78. The number of aromatic nitrogens is 2. The summed E-state index contributed by atoms with van der Waals surface area (Å²) in [5, 5.41) is 8.70. The minimum atomic E-state index is -3.53. The van der Waals surface area contributed by atoms with Gasteiger partial charge in [-0.3, -0.25) is 4.79 Å². The van der Waals surface area contributed by atoms with Crippen molar-refractivity contribution in [2.45, 2.75) is 37.3 Å². The largest absolute Gasteiger partial charge is 0.338 e. The van der Waals surface area contributed by atoms with E-state index < -0.39 is 15.1 Å². The summed E-state index contributed by atoms with van der Waals surface area (Å²) < 4.78 is 25.5. The van der Waals surface area contributed by atoms with E-state index in [4.69, 9.17) is 23.2 Å². The second-order valence-corrected chi connectivity index (χ2v) is 10.6. The molecule has 0 saturated heterocycles. The first kappa shape index (κ1) is 24.8. The minimum Gasteiger partial charge on any atom is -0.338 e. The van der Waals surface area contributed by atoms with Crippen LogP contribution in [0.4, 0.5) is 28.8 Å². The molecule has 0 aliphatic carbocycles. The summed E-state index contributed by atoms with van der Waals surface area (Å²) in [6.07, 6.45) is 1.75. The van der Waals surface area contributed by atoms with Gasteiger partial charge in [0.15, 0.2) is 15.7 Å². The summed E-state index contributed by atoms with van der Waals surface area (Å²) in [5.74, 6) is 0.296. The maximum Gasteiger partial charge on any atom is 0.229 e. The molecule has 1 amide bonds. The van der Waals surface area contributed by atoms with Crippen molar-refractivity contribution in [1.29, 1.82) is 0 Å². The average Bonchev–Trinajstić information content (AvgIpc) is 2.78. The van der Waals surface area contributed by atoms with Gasteiger partial charge in [-0.25, -0.2) is 13.4 Å². The van der Waals surface area contributed by atoms with E-state index in [0.29, 0.717) is 28.5 Å². The molecule has 0 bridgehead atoms. The normalized spacial score (nSPS) is 11.3. The molecule has 0 unspecified atom stereocenters. The average molecular weight is 508 g/mol. The number of hydrogen-bond donors (Lipinski definition) is 3. The molecule has 0 spiro atoms. The highest BCUT2D eigenvalue weighted by atomic mass is 35.5. The van der Waals surface area contributed by atoms with Crippen molar-refractivity contribution in [3.05, 3.63) is 58.7 Å². The Morgan fingerprint density at radius 2 is 1.76 bits per heavy atom. The molecule has 0 aliphatic heterocycles. The number of carbonyl (C=O) groups excluding carboxylic acids is 1. The molecule has 8 nitrogen and oxygen atoms in total.